The highest BCUT2D eigenvalue weighted by atomic mass is 79.9. The molecule has 0 bridgehead atoms. The summed E-state index contributed by atoms with van der Waals surface area (Å²) >= 11 is 6.71. The van der Waals surface area contributed by atoms with Crippen molar-refractivity contribution in [1.29, 1.82) is 0 Å². The van der Waals surface area contributed by atoms with E-state index in [1.807, 2.05) is 6.92 Å². The van der Waals surface area contributed by atoms with Crippen LogP contribution in [-0.2, 0) is 19.1 Å². The van der Waals surface area contributed by atoms with Gasteiger partial charge in [-0.3, -0.25) is 14.9 Å². The third kappa shape index (κ3) is 5.25. The molecule has 1 saturated heterocycles. The summed E-state index contributed by atoms with van der Waals surface area (Å²) < 4.78 is 16.5. The lowest BCUT2D eigenvalue weighted by Crippen LogP contribution is -2.54. The molecule has 0 radical (unpaired) electrons. The molecular formula is C22H18Br2N2O7. The number of carbonyl (C=O) groups is 4. The molecule has 172 valence electrons. The van der Waals surface area contributed by atoms with Gasteiger partial charge < -0.3 is 14.2 Å². The summed E-state index contributed by atoms with van der Waals surface area (Å²) in [4.78, 5) is 50.3. The van der Waals surface area contributed by atoms with Crippen molar-refractivity contribution in [2.45, 2.75) is 6.92 Å². The Hall–Kier alpha value is -3.18. The Labute approximate surface area is 205 Å². The average molecular weight is 582 g/mol. The number of ether oxygens (including phenoxy) is 3. The number of nitrogens with one attached hydrogen (secondary N) is 1. The highest BCUT2D eigenvalue weighted by molar-refractivity contribution is 9.10. The van der Waals surface area contributed by atoms with Crippen molar-refractivity contribution in [1.82, 2.24) is 5.32 Å². The number of esters is 1. The Balaban J connectivity index is 1.98. The molecule has 0 spiro atoms. The van der Waals surface area contributed by atoms with E-state index in [0.29, 0.717) is 15.7 Å². The highest BCUT2D eigenvalue weighted by Gasteiger charge is 2.37. The second-order valence-corrected chi connectivity index (χ2v) is 8.50. The van der Waals surface area contributed by atoms with E-state index in [1.165, 1.54) is 26.4 Å². The fourth-order valence-electron chi connectivity index (χ4n) is 2.98. The molecule has 0 unspecified atom stereocenters. The van der Waals surface area contributed by atoms with Crippen LogP contribution in [0.5, 0.6) is 11.5 Å². The van der Waals surface area contributed by atoms with Gasteiger partial charge in [-0.25, -0.2) is 14.5 Å². The minimum Gasteiger partial charge on any atom is -0.493 e. The molecule has 2 aromatic rings. The molecule has 0 atom stereocenters. The standard InChI is InChI=1S/C22H18Br2N2O7/c1-11-6-13(4-5-15(11)23)26-21(29)14(20(28)25-22(26)30)7-12-8-16(24)19(17(9-12)31-2)33-10-18(27)32-3/h4-9H,10H2,1-3H3,(H,25,28,30)/b14-7+. The van der Waals surface area contributed by atoms with Crippen LogP contribution < -0.4 is 19.7 Å². The fraction of sp³-hybridized carbons (Fsp3) is 0.182. The van der Waals surface area contributed by atoms with Crippen molar-refractivity contribution in [3.05, 3.63) is 56.0 Å². The summed E-state index contributed by atoms with van der Waals surface area (Å²) in [5, 5.41) is 2.18. The molecule has 0 aromatic heterocycles. The van der Waals surface area contributed by atoms with Gasteiger partial charge in [0.2, 0.25) is 0 Å². The normalized spacial score (nSPS) is 14.9. The monoisotopic (exact) mass is 580 g/mol. The van der Waals surface area contributed by atoms with E-state index in [1.54, 1.807) is 24.3 Å². The molecule has 1 aliphatic rings. The van der Waals surface area contributed by atoms with Gasteiger partial charge in [-0.2, -0.15) is 0 Å². The maximum Gasteiger partial charge on any atom is 0.343 e. The van der Waals surface area contributed by atoms with E-state index in [4.69, 9.17) is 9.47 Å². The molecule has 1 N–H and O–H groups in total. The zero-order valence-electron chi connectivity index (χ0n) is 17.7. The van der Waals surface area contributed by atoms with Crippen molar-refractivity contribution in [2.24, 2.45) is 0 Å². The van der Waals surface area contributed by atoms with Gasteiger partial charge in [-0.05, 0) is 70.4 Å². The maximum absolute atomic E-state index is 13.1. The van der Waals surface area contributed by atoms with Gasteiger partial charge in [0, 0.05) is 4.47 Å². The smallest absolute Gasteiger partial charge is 0.343 e. The fourth-order valence-corrected chi connectivity index (χ4v) is 3.80. The topological polar surface area (TPSA) is 111 Å². The van der Waals surface area contributed by atoms with Crippen LogP contribution in [0, 0.1) is 6.92 Å². The van der Waals surface area contributed by atoms with Crippen molar-refractivity contribution in [3.63, 3.8) is 0 Å². The minimum atomic E-state index is -0.839. The minimum absolute atomic E-state index is 0.242. The molecule has 4 amide bonds. The maximum atomic E-state index is 13.1. The Bertz CT molecular complexity index is 1190. The first-order valence-electron chi connectivity index (χ1n) is 9.41. The van der Waals surface area contributed by atoms with Crippen molar-refractivity contribution < 1.29 is 33.4 Å². The predicted octanol–water partition coefficient (Wildman–Crippen LogP) is 3.75. The quantitative estimate of drug-likeness (QED) is 0.314. The van der Waals surface area contributed by atoms with Gasteiger partial charge in [0.1, 0.15) is 5.57 Å². The number of carbonyl (C=O) groups excluding carboxylic acids is 4. The lowest BCUT2D eigenvalue weighted by atomic mass is 10.1. The van der Waals surface area contributed by atoms with Gasteiger partial charge in [0.25, 0.3) is 11.8 Å². The van der Waals surface area contributed by atoms with E-state index in [-0.39, 0.29) is 23.7 Å². The summed E-state index contributed by atoms with van der Waals surface area (Å²) in [5.41, 5.74) is 1.31. The Kier molecular flexibility index (Phi) is 7.54. The number of anilines is 1. The van der Waals surface area contributed by atoms with E-state index >= 15 is 0 Å². The first-order valence-corrected chi connectivity index (χ1v) is 11.0. The number of rotatable bonds is 6. The lowest BCUT2D eigenvalue weighted by Gasteiger charge is -2.26. The molecule has 2 aromatic carbocycles. The molecule has 1 heterocycles. The van der Waals surface area contributed by atoms with Gasteiger partial charge >= 0.3 is 12.0 Å². The molecule has 0 saturated carbocycles. The predicted molar refractivity (Wildman–Crippen MR) is 126 cm³/mol. The van der Waals surface area contributed by atoms with E-state index in [2.05, 4.69) is 41.9 Å². The largest absolute Gasteiger partial charge is 0.493 e. The van der Waals surface area contributed by atoms with E-state index in [9.17, 15) is 19.2 Å². The second-order valence-electron chi connectivity index (χ2n) is 6.79. The van der Waals surface area contributed by atoms with Gasteiger partial charge in [0.15, 0.2) is 18.1 Å². The van der Waals surface area contributed by atoms with Crippen molar-refractivity contribution >= 4 is 67.4 Å². The van der Waals surface area contributed by atoms with Crippen LogP contribution in [0.1, 0.15) is 11.1 Å². The number of aryl methyl sites for hydroxylation is 1. The second kappa shape index (κ2) is 10.2. The molecule has 11 heteroatoms. The summed E-state index contributed by atoms with van der Waals surface area (Å²) in [7, 11) is 2.64. The molecule has 9 nitrogen and oxygen atoms in total. The number of urea groups is 1. The van der Waals surface area contributed by atoms with E-state index in [0.717, 1.165) is 14.9 Å². The van der Waals surface area contributed by atoms with Crippen LogP contribution in [0.2, 0.25) is 0 Å². The zero-order chi connectivity index (χ0) is 24.3. The van der Waals surface area contributed by atoms with Crippen LogP contribution in [-0.4, -0.2) is 44.6 Å². The first-order chi connectivity index (χ1) is 15.7. The summed E-state index contributed by atoms with van der Waals surface area (Å²) in [6.07, 6.45) is 1.33. The third-order valence-electron chi connectivity index (χ3n) is 4.63. The van der Waals surface area contributed by atoms with Crippen LogP contribution >= 0.6 is 31.9 Å². The summed E-state index contributed by atoms with van der Waals surface area (Å²) in [6.45, 7) is 1.48. The number of hydrogen-bond donors (Lipinski definition) is 1. The van der Waals surface area contributed by atoms with Gasteiger partial charge in [-0.15, -0.1) is 0 Å². The van der Waals surface area contributed by atoms with Crippen LogP contribution in [0.4, 0.5) is 10.5 Å². The Morgan fingerprint density at radius 2 is 1.82 bits per heavy atom. The molecule has 3 rings (SSSR count). The number of benzene rings is 2. The number of halogens is 2. The molecule has 0 aliphatic carbocycles. The average Bonchev–Trinajstić information content (AvgIpc) is 2.77. The van der Waals surface area contributed by atoms with Gasteiger partial charge in [-0.1, -0.05) is 15.9 Å². The van der Waals surface area contributed by atoms with Crippen LogP contribution in [0.3, 0.4) is 0 Å². The van der Waals surface area contributed by atoms with Crippen LogP contribution in [0.25, 0.3) is 6.08 Å². The van der Waals surface area contributed by atoms with Crippen molar-refractivity contribution in [3.8, 4) is 11.5 Å². The third-order valence-corrected chi connectivity index (χ3v) is 6.10. The summed E-state index contributed by atoms with van der Waals surface area (Å²) in [5.74, 6) is -1.68. The number of hydrogen-bond acceptors (Lipinski definition) is 7. The molecular weight excluding hydrogens is 564 g/mol. The number of barbiturate groups is 1. The summed E-state index contributed by atoms with van der Waals surface area (Å²) in [6, 6.07) is 7.22. The molecule has 1 fully saturated rings. The van der Waals surface area contributed by atoms with Gasteiger partial charge in [0.05, 0.1) is 24.4 Å². The highest BCUT2D eigenvalue weighted by Crippen LogP contribution is 2.37. The molecule has 33 heavy (non-hydrogen) atoms. The SMILES string of the molecule is COC(=O)COc1c(Br)cc(/C=C2\C(=O)NC(=O)N(c3ccc(Br)c(C)c3)C2=O)cc1OC. The van der Waals surface area contributed by atoms with E-state index < -0.39 is 23.8 Å². The number of imide groups is 2. The van der Waals surface area contributed by atoms with Crippen LogP contribution in [0.15, 0.2) is 44.9 Å². The first kappa shape index (κ1) is 24.5. The Morgan fingerprint density at radius 1 is 1.09 bits per heavy atom. The zero-order valence-corrected chi connectivity index (χ0v) is 20.9. The van der Waals surface area contributed by atoms with Crippen molar-refractivity contribution in [2.75, 3.05) is 25.7 Å². The Morgan fingerprint density at radius 3 is 2.45 bits per heavy atom. The molecule has 1 aliphatic heterocycles. The number of nitrogens with zero attached hydrogens (tertiary/aromatic N) is 1. The number of amides is 4. The number of methoxy groups -OCH3 is 2. The lowest BCUT2D eigenvalue weighted by molar-refractivity contribution is -0.143.